The average Bonchev–Trinajstić information content (AvgIpc) is 3.58. The van der Waals surface area contributed by atoms with Gasteiger partial charge < -0.3 is 64.2 Å². The van der Waals surface area contributed by atoms with E-state index in [9.17, 15) is 35.7 Å². The van der Waals surface area contributed by atoms with Gasteiger partial charge in [-0.3, -0.25) is 0 Å². The number of ether oxygens (including phenoxy) is 6. The lowest BCUT2D eigenvalue weighted by atomic mass is 9.47. The molecule has 0 aromatic carbocycles. The van der Waals surface area contributed by atoms with E-state index in [-0.39, 0.29) is 23.0 Å². The summed E-state index contributed by atoms with van der Waals surface area (Å²) in [4.78, 5) is 0. The molecule has 296 valence electrons. The zero-order valence-electron chi connectivity index (χ0n) is 31.0. The van der Waals surface area contributed by atoms with Crippen LogP contribution < -0.4 is 0 Å². The summed E-state index contributed by atoms with van der Waals surface area (Å²) in [6.45, 7) is 9.20. The van der Waals surface area contributed by atoms with Crippen LogP contribution in [0.1, 0.15) is 85.5 Å². The first-order valence-electron chi connectivity index (χ1n) is 20.0. The molecule has 0 aromatic heterocycles. The van der Waals surface area contributed by atoms with Crippen molar-refractivity contribution in [2.45, 2.75) is 165 Å². The van der Waals surface area contributed by atoms with Crippen LogP contribution in [0.2, 0.25) is 0 Å². The molecule has 13 nitrogen and oxygen atoms in total. The van der Waals surface area contributed by atoms with Crippen molar-refractivity contribution < 1.29 is 64.2 Å². The Morgan fingerprint density at radius 3 is 2.21 bits per heavy atom. The Balaban J connectivity index is 0.913. The monoisotopic (exact) mass is 738 g/mol. The molecule has 4 saturated heterocycles. The van der Waals surface area contributed by atoms with E-state index in [2.05, 4.69) is 33.8 Å². The van der Waals surface area contributed by atoms with Gasteiger partial charge in [-0.25, -0.2) is 0 Å². The third-order valence-corrected chi connectivity index (χ3v) is 15.6. The first kappa shape index (κ1) is 38.1. The van der Waals surface area contributed by atoms with Crippen molar-refractivity contribution in [3.8, 4) is 0 Å². The standard InChI is InChI=1S/C39H62O13/c1-18-7-12-39(47-17-18)19(2)28-25(52-39)14-24-22-6-5-20-13-21(8-10-37(20,3)23(22)9-11-38(24,28)4)48-35-33(46)31(44)34(27(16-41)50-35)51-36-32(45)30(43)29(42)26(15-40)49-36/h5,18-19,21-36,40-46H,6-17H2,1-4H3/t18-,19+,21+,22-,23+,24+,25+,26-,27-,28+,29-,30+,31-,32-,33-,34-,35-,36+,37+,38+,39-/m1/s1. The van der Waals surface area contributed by atoms with Gasteiger partial charge >= 0.3 is 0 Å². The maximum atomic E-state index is 11.1. The Bertz CT molecular complexity index is 1320. The lowest BCUT2D eigenvalue weighted by molar-refractivity contribution is -0.363. The highest BCUT2D eigenvalue weighted by molar-refractivity contribution is 5.26. The fourth-order valence-corrected chi connectivity index (χ4v) is 12.6. The number of hydrogen-bond donors (Lipinski definition) is 7. The van der Waals surface area contributed by atoms with Crippen LogP contribution in [-0.2, 0) is 28.4 Å². The smallest absolute Gasteiger partial charge is 0.187 e. The third-order valence-electron chi connectivity index (χ3n) is 15.6. The number of fused-ring (bicyclic) bond motifs is 7. The molecule has 21 atom stereocenters. The minimum atomic E-state index is -1.72. The van der Waals surface area contributed by atoms with Gasteiger partial charge in [-0.05, 0) is 91.8 Å². The summed E-state index contributed by atoms with van der Waals surface area (Å²) < 4.78 is 36.9. The Morgan fingerprint density at radius 2 is 1.50 bits per heavy atom. The molecule has 7 N–H and O–H groups in total. The van der Waals surface area contributed by atoms with Crippen LogP contribution in [-0.4, -0.2) is 135 Å². The molecule has 0 radical (unpaired) electrons. The van der Waals surface area contributed by atoms with Gasteiger partial charge in [-0.15, -0.1) is 0 Å². The Kier molecular flexibility index (Phi) is 10.3. The second kappa shape index (κ2) is 14.0. The molecule has 8 aliphatic rings. The second-order valence-corrected chi connectivity index (χ2v) is 18.3. The van der Waals surface area contributed by atoms with Gasteiger partial charge in [0.25, 0.3) is 0 Å². The summed E-state index contributed by atoms with van der Waals surface area (Å²) >= 11 is 0. The van der Waals surface area contributed by atoms with E-state index in [1.165, 1.54) is 24.8 Å². The molecule has 0 bridgehead atoms. The highest BCUT2D eigenvalue weighted by Gasteiger charge is 2.68. The largest absolute Gasteiger partial charge is 0.394 e. The molecular weight excluding hydrogens is 676 g/mol. The molecule has 0 aromatic rings. The number of allylic oxidation sites excluding steroid dienone is 1. The molecular formula is C39H62O13. The fraction of sp³-hybridized carbons (Fsp3) is 0.949. The molecule has 52 heavy (non-hydrogen) atoms. The quantitative estimate of drug-likeness (QED) is 0.193. The second-order valence-electron chi connectivity index (χ2n) is 18.3. The van der Waals surface area contributed by atoms with Crippen molar-refractivity contribution in [2.75, 3.05) is 19.8 Å². The molecule has 3 saturated carbocycles. The van der Waals surface area contributed by atoms with Crippen molar-refractivity contribution in [2.24, 2.45) is 46.3 Å². The Morgan fingerprint density at radius 1 is 0.788 bits per heavy atom. The number of rotatable bonds is 6. The molecule has 0 amide bonds. The van der Waals surface area contributed by atoms with Gasteiger partial charge in [0.05, 0.1) is 32.0 Å². The normalized spacial score (nSPS) is 57.5. The maximum Gasteiger partial charge on any atom is 0.187 e. The molecule has 8 rings (SSSR count). The Hall–Kier alpha value is -0.780. The van der Waals surface area contributed by atoms with Gasteiger partial charge in [0, 0.05) is 12.3 Å². The van der Waals surface area contributed by atoms with E-state index in [0.717, 1.165) is 38.7 Å². The highest BCUT2D eigenvalue weighted by atomic mass is 16.7. The zero-order chi connectivity index (χ0) is 36.9. The first-order valence-corrected chi connectivity index (χ1v) is 20.0. The van der Waals surface area contributed by atoms with Crippen LogP contribution >= 0.6 is 0 Å². The summed E-state index contributed by atoms with van der Waals surface area (Å²) in [5.74, 6) is 2.92. The minimum absolute atomic E-state index is 0.0572. The van der Waals surface area contributed by atoms with E-state index in [1.807, 2.05) is 0 Å². The molecule has 0 unspecified atom stereocenters. The molecule has 4 aliphatic carbocycles. The van der Waals surface area contributed by atoms with Crippen LogP contribution in [0.3, 0.4) is 0 Å². The number of aliphatic hydroxyl groups is 7. The van der Waals surface area contributed by atoms with Gasteiger partial charge in [0.1, 0.15) is 48.8 Å². The molecule has 13 heteroatoms. The third kappa shape index (κ3) is 5.90. The van der Waals surface area contributed by atoms with E-state index < -0.39 is 80.4 Å². The van der Waals surface area contributed by atoms with Crippen molar-refractivity contribution in [1.82, 2.24) is 0 Å². The SMILES string of the molecule is C[C@@H]1CC[C@@]2(OC1)O[C@H]1C[C@H]3[C@@H]4CC=C5C[C@@H](O[C@@H]6O[C@H](CO)[C@@H](O[C@@H]7O[C@H](CO)[C@@H](O)[C@H](O)[C@H]7O)[C@H](O)[C@H]6O)CC[C@]5(C)[C@H]4CC[C@]3(C)[C@H]1[C@@H]2C. The van der Waals surface area contributed by atoms with E-state index in [0.29, 0.717) is 41.9 Å². The van der Waals surface area contributed by atoms with E-state index >= 15 is 0 Å². The van der Waals surface area contributed by atoms with Crippen LogP contribution in [0.15, 0.2) is 11.6 Å². The van der Waals surface area contributed by atoms with E-state index in [4.69, 9.17) is 28.4 Å². The average molecular weight is 739 g/mol. The predicted octanol–water partition coefficient (Wildman–Crippen LogP) is 1.36. The fourth-order valence-electron chi connectivity index (χ4n) is 12.6. The summed E-state index contributed by atoms with van der Waals surface area (Å²) in [6, 6.07) is 0. The van der Waals surface area contributed by atoms with Gasteiger partial charge in [0.2, 0.25) is 0 Å². The van der Waals surface area contributed by atoms with Crippen LogP contribution in [0, 0.1) is 46.3 Å². The summed E-state index contributed by atoms with van der Waals surface area (Å²) in [5.41, 5.74) is 1.70. The summed E-state index contributed by atoms with van der Waals surface area (Å²) in [5, 5.41) is 72.7. The molecule has 1 spiro atoms. The maximum absolute atomic E-state index is 11.1. The zero-order valence-corrected chi connectivity index (χ0v) is 31.0. The topological polar surface area (TPSA) is 197 Å². The molecule has 7 fully saturated rings. The van der Waals surface area contributed by atoms with Crippen LogP contribution in [0.4, 0.5) is 0 Å². The lowest BCUT2D eigenvalue weighted by Crippen LogP contribution is -2.65. The number of hydrogen-bond acceptors (Lipinski definition) is 13. The summed E-state index contributed by atoms with van der Waals surface area (Å²) in [6.07, 6.45) is -3.06. The predicted molar refractivity (Wildman–Crippen MR) is 183 cm³/mol. The minimum Gasteiger partial charge on any atom is -0.394 e. The molecule has 4 heterocycles. The van der Waals surface area contributed by atoms with Crippen molar-refractivity contribution in [3.05, 3.63) is 11.6 Å². The van der Waals surface area contributed by atoms with Crippen molar-refractivity contribution in [1.29, 1.82) is 0 Å². The van der Waals surface area contributed by atoms with E-state index in [1.54, 1.807) is 0 Å². The van der Waals surface area contributed by atoms with Crippen molar-refractivity contribution >= 4 is 0 Å². The Labute approximate surface area is 306 Å². The van der Waals surface area contributed by atoms with Gasteiger partial charge in [-0.2, -0.15) is 0 Å². The lowest BCUT2D eigenvalue weighted by Gasteiger charge is -2.58. The van der Waals surface area contributed by atoms with Crippen LogP contribution in [0.25, 0.3) is 0 Å². The molecule has 4 aliphatic heterocycles. The number of aliphatic hydroxyl groups excluding tert-OH is 7. The highest BCUT2D eigenvalue weighted by Crippen LogP contribution is 2.70. The van der Waals surface area contributed by atoms with Gasteiger partial charge in [-0.1, -0.05) is 39.3 Å². The van der Waals surface area contributed by atoms with Gasteiger partial charge in [0.15, 0.2) is 18.4 Å². The van der Waals surface area contributed by atoms with Crippen LogP contribution in [0.5, 0.6) is 0 Å². The summed E-state index contributed by atoms with van der Waals surface area (Å²) in [7, 11) is 0. The van der Waals surface area contributed by atoms with Crippen molar-refractivity contribution in [3.63, 3.8) is 0 Å². The first-order chi connectivity index (χ1) is 24.7.